The average Bonchev–Trinajstić information content (AvgIpc) is 3.25. The fourth-order valence-corrected chi connectivity index (χ4v) is 5.82. The summed E-state index contributed by atoms with van der Waals surface area (Å²) >= 11 is 5.62. The van der Waals surface area contributed by atoms with Crippen molar-refractivity contribution in [2.24, 2.45) is 5.92 Å². The van der Waals surface area contributed by atoms with Crippen molar-refractivity contribution in [2.75, 3.05) is 13.1 Å². The molecule has 1 aliphatic heterocycles. The van der Waals surface area contributed by atoms with Crippen molar-refractivity contribution in [3.63, 3.8) is 0 Å². The van der Waals surface area contributed by atoms with Crippen LogP contribution in [-0.4, -0.2) is 29.6 Å². The van der Waals surface area contributed by atoms with E-state index in [1.807, 2.05) is 11.3 Å². The van der Waals surface area contributed by atoms with Gasteiger partial charge in [0.15, 0.2) is 0 Å². The van der Waals surface area contributed by atoms with Gasteiger partial charge >= 0.3 is 0 Å². The molecule has 0 radical (unpaired) electrons. The Labute approximate surface area is 140 Å². The lowest BCUT2D eigenvalue weighted by molar-refractivity contribution is 0.0414. The highest BCUT2D eigenvalue weighted by Gasteiger charge is 2.44. The van der Waals surface area contributed by atoms with Crippen LogP contribution in [0.4, 0.5) is 0 Å². The van der Waals surface area contributed by atoms with Gasteiger partial charge in [-0.15, -0.1) is 11.3 Å². The highest BCUT2D eigenvalue weighted by molar-refractivity contribution is 9.10. The number of rotatable bonds is 3. The van der Waals surface area contributed by atoms with Crippen LogP contribution in [0.2, 0.25) is 0 Å². The minimum absolute atomic E-state index is 0.424. The second kappa shape index (κ2) is 5.95. The second-order valence-corrected chi connectivity index (χ2v) is 9.08. The van der Waals surface area contributed by atoms with Gasteiger partial charge in [0.2, 0.25) is 0 Å². The summed E-state index contributed by atoms with van der Waals surface area (Å²) in [7, 11) is 0. The molecule has 116 valence electrons. The van der Waals surface area contributed by atoms with E-state index in [1.165, 1.54) is 67.4 Å². The molecule has 2 nitrogen and oxygen atoms in total. The third-order valence-electron chi connectivity index (χ3n) is 5.68. The number of hydrogen-bond acceptors (Lipinski definition) is 3. The zero-order chi connectivity index (χ0) is 14.3. The summed E-state index contributed by atoms with van der Waals surface area (Å²) in [5, 5.41) is 6.19. The van der Waals surface area contributed by atoms with E-state index in [-0.39, 0.29) is 0 Å². The Morgan fingerprint density at radius 2 is 2.10 bits per heavy atom. The molecule has 1 N–H and O–H groups in total. The molecule has 2 saturated carbocycles. The minimum atomic E-state index is 0.424. The lowest BCUT2D eigenvalue weighted by atomic mass is 9.79. The SMILES string of the molecule is Brc1ccsc1CN1CC2(CCCCC2)NCC1C1CC1. The van der Waals surface area contributed by atoms with Crippen molar-refractivity contribution < 1.29 is 0 Å². The standard InChI is InChI=1S/C17H25BrN2S/c18-14-6-9-21-16(14)11-20-12-17(7-2-1-3-8-17)19-10-15(20)13-4-5-13/h6,9,13,15,19H,1-5,7-8,10-12H2. The summed E-state index contributed by atoms with van der Waals surface area (Å²) in [5.41, 5.74) is 0.424. The number of nitrogens with one attached hydrogen (secondary N) is 1. The summed E-state index contributed by atoms with van der Waals surface area (Å²) < 4.78 is 1.30. The maximum Gasteiger partial charge on any atom is 0.0343 e. The van der Waals surface area contributed by atoms with Crippen LogP contribution in [-0.2, 0) is 6.54 Å². The van der Waals surface area contributed by atoms with Crippen molar-refractivity contribution >= 4 is 27.3 Å². The van der Waals surface area contributed by atoms with Gasteiger partial charge in [-0.3, -0.25) is 4.90 Å². The molecule has 1 saturated heterocycles. The molecule has 0 amide bonds. The van der Waals surface area contributed by atoms with Crippen molar-refractivity contribution in [2.45, 2.75) is 63.1 Å². The zero-order valence-corrected chi connectivity index (χ0v) is 15.0. The maximum atomic E-state index is 3.98. The van der Waals surface area contributed by atoms with Crippen molar-refractivity contribution in [3.05, 3.63) is 20.8 Å². The normalized spacial score (nSPS) is 29.9. The predicted molar refractivity (Wildman–Crippen MR) is 92.8 cm³/mol. The molecule has 1 aromatic rings. The smallest absolute Gasteiger partial charge is 0.0343 e. The van der Waals surface area contributed by atoms with Crippen LogP contribution in [0.15, 0.2) is 15.9 Å². The van der Waals surface area contributed by atoms with Gasteiger partial charge in [-0.05, 0) is 59.0 Å². The molecular weight excluding hydrogens is 344 g/mol. The van der Waals surface area contributed by atoms with Crippen molar-refractivity contribution in [1.82, 2.24) is 10.2 Å². The van der Waals surface area contributed by atoms with E-state index in [0.717, 1.165) is 18.5 Å². The first-order valence-corrected chi connectivity index (χ1v) is 10.1. The fraction of sp³-hybridized carbons (Fsp3) is 0.765. The van der Waals surface area contributed by atoms with Gasteiger partial charge in [0.05, 0.1) is 0 Å². The first-order valence-electron chi connectivity index (χ1n) is 8.47. The Hall–Kier alpha value is 0.1000. The van der Waals surface area contributed by atoms with Crippen LogP contribution in [0.3, 0.4) is 0 Å². The predicted octanol–water partition coefficient (Wildman–Crippen LogP) is 4.40. The Bertz CT molecular complexity index is 491. The van der Waals surface area contributed by atoms with E-state index >= 15 is 0 Å². The van der Waals surface area contributed by atoms with Crippen molar-refractivity contribution in [3.8, 4) is 0 Å². The largest absolute Gasteiger partial charge is 0.308 e. The molecular formula is C17H25BrN2S. The van der Waals surface area contributed by atoms with Gasteiger partial charge in [-0.1, -0.05) is 19.3 Å². The summed E-state index contributed by atoms with van der Waals surface area (Å²) in [6.07, 6.45) is 9.92. The Morgan fingerprint density at radius 1 is 1.29 bits per heavy atom. The topological polar surface area (TPSA) is 15.3 Å². The highest BCUT2D eigenvalue weighted by atomic mass is 79.9. The lowest BCUT2D eigenvalue weighted by Gasteiger charge is -2.50. The van der Waals surface area contributed by atoms with Crippen LogP contribution in [0.1, 0.15) is 49.8 Å². The van der Waals surface area contributed by atoms with Crippen LogP contribution in [0, 0.1) is 5.92 Å². The van der Waals surface area contributed by atoms with Gasteiger partial charge in [-0.25, -0.2) is 0 Å². The molecule has 4 rings (SSSR count). The van der Waals surface area contributed by atoms with Crippen LogP contribution in [0.5, 0.6) is 0 Å². The second-order valence-electron chi connectivity index (χ2n) is 7.22. The molecule has 1 atom stereocenters. The first-order chi connectivity index (χ1) is 10.3. The molecule has 2 aliphatic carbocycles. The van der Waals surface area contributed by atoms with Gasteiger partial charge in [-0.2, -0.15) is 0 Å². The maximum absolute atomic E-state index is 3.98. The van der Waals surface area contributed by atoms with Crippen LogP contribution < -0.4 is 5.32 Å². The third-order valence-corrected chi connectivity index (χ3v) is 7.59. The molecule has 1 aromatic heterocycles. The zero-order valence-electron chi connectivity index (χ0n) is 12.6. The van der Waals surface area contributed by atoms with Crippen molar-refractivity contribution in [1.29, 1.82) is 0 Å². The van der Waals surface area contributed by atoms with E-state index in [4.69, 9.17) is 0 Å². The number of halogens is 1. The highest BCUT2D eigenvalue weighted by Crippen LogP contribution is 2.41. The fourth-order valence-electron chi connectivity index (χ4n) is 4.32. The Morgan fingerprint density at radius 3 is 2.76 bits per heavy atom. The van der Waals surface area contributed by atoms with Crippen LogP contribution >= 0.6 is 27.3 Å². The summed E-state index contributed by atoms with van der Waals surface area (Å²) in [5.74, 6) is 0.956. The molecule has 0 bridgehead atoms. The van der Waals surface area contributed by atoms with E-state index in [2.05, 4.69) is 37.6 Å². The van der Waals surface area contributed by atoms with Gasteiger partial charge in [0.1, 0.15) is 0 Å². The summed E-state index contributed by atoms with van der Waals surface area (Å²) in [6.45, 7) is 3.62. The molecule has 3 aliphatic rings. The molecule has 3 fully saturated rings. The Kier molecular flexibility index (Phi) is 4.16. The van der Waals surface area contributed by atoms with E-state index in [0.29, 0.717) is 5.54 Å². The average molecular weight is 369 g/mol. The molecule has 0 aromatic carbocycles. The quantitative estimate of drug-likeness (QED) is 0.850. The summed E-state index contributed by atoms with van der Waals surface area (Å²) in [4.78, 5) is 4.32. The number of piperazine rings is 1. The number of hydrogen-bond donors (Lipinski definition) is 1. The lowest BCUT2D eigenvalue weighted by Crippen LogP contribution is -2.64. The number of nitrogens with zero attached hydrogens (tertiary/aromatic N) is 1. The third kappa shape index (κ3) is 3.10. The monoisotopic (exact) mass is 368 g/mol. The summed E-state index contributed by atoms with van der Waals surface area (Å²) in [6, 6.07) is 2.97. The number of thiophene rings is 1. The molecule has 21 heavy (non-hydrogen) atoms. The van der Waals surface area contributed by atoms with E-state index in [1.54, 1.807) is 0 Å². The van der Waals surface area contributed by atoms with Gasteiger partial charge in [0, 0.05) is 40.6 Å². The molecule has 1 spiro atoms. The van der Waals surface area contributed by atoms with Crippen LogP contribution in [0.25, 0.3) is 0 Å². The van der Waals surface area contributed by atoms with Gasteiger partial charge < -0.3 is 5.32 Å². The Balaban J connectivity index is 1.52. The molecule has 1 unspecified atom stereocenters. The first kappa shape index (κ1) is 14.7. The minimum Gasteiger partial charge on any atom is -0.308 e. The van der Waals surface area contributed by atoms with Gasteiger partial charge in [0.25, 0.3) is 0 Å². The van der Waals surface area contributed by atoms with E-state index < -0.39 is 0 Å². The molecule has 4 heteroatoms. The van der Waals surface area contributed by atoms with E-state index in [9.17, 15) is 0 Å². The molecule has 2 heterocycles.